The molecule has 3 heterocycles. The van der Waals surface area contributed by atoms with Crippen LogP contribution in [0.25, 0.3) is 11.2 Å². The number of likely N-dealkylation sites (N-methyl/N-ethyl adjacent to an activating group) is 1. The van der Waals surface area contributed by atoms with E-state index in [1.54, 1.807) is 11.1 Å². The standard InChI is InChI=1S/C13H14BrClN4O/c1-7(15)11-17-9-5-8(14)6-16-12(9)19(11)10-3-4-18(2)13(10)20/h5-7,10H,3-4H2,1-2H3. The highest BCUT2D eigenvalue weighted by atomic mass is 79.9. The van der Waals surface area contributed by atoms with Gasteiger partial charge in [-0.15, -0.1) is 11.6 Å². The van der Waals surface area contributed by atoms with Gasteiger partial charge in [-0.25, -0.2) is 9.97 Å². The lowest BCUT2D eigenvalue weighted by atomic mass is 10.2. The Kier molecular flexibility index (Phi) is 3.46. The molecule has 5 nitrogen and oxygen atoms in total. The van der Waals surface area contributed by atoms with Gasteiger partial charge in [-0.2, -0.15) is 0 Å². The smallest absolute Gasteiger partial charge is 0.245 e. The molecule has 1 aliphatic heterocycles. The van der Waals surface area contributed by atoms with E-state index in [-0.39, 0.29) is 17.3 Å². The molecule has 2 aromatic rings. The molecule has 7 heteroatoms. The summed E-state index contributed by atoms with van der Waals surface area (Å²) in [4.78, 5) is 23.0. The fourth-order valence-corrected chi connectivity index (χ4v) is 3.08. The molecule has 1 fully saturated rings. The molecule has 1 amide bonds. The lowest BCUT2D eigenvalue weighted by molar-refractivity contribution is -0.129. The Bertz CT molecular complexity index is 684. The van der Waals surface area contributed by atoms with Crippen LogP contribution in [0.3, 0.4) is 0 Å². The Labute approximate surface area is 130 Å². The molecule has 0 bridgehead atoms. The summed E-state index contributed by atoms with van der Waals surface area (Å²) in [7, 11) is 1.81. The van der Waals surface area contributed by atoms with Crippen molar-refractivity contribution < 1.29 is 4.79 Å². The van der Waals surface area contributed by atoms with Crippen LogP contribution >= 0.6 is 27.5 Å². The minimum atomic E-state index is -0.276. The van der Waals surface area contributed by atoms with Crippen molar-refractivity contribution in [2.24, 2.45) is 0 Å². The summed E-state index contributed by atoms with van der Waals surface area (Å²) in [6.45, 7) is 2.60. The summed E-state index contributed by atoms with van der Waals surface area (Å²) in [6, 6.07) is 1.64. The van der Waals surface area contributed by atoms with E-state index in [1.165, 1.54) is 0 Å². The quantitative estimate of drug-likeness (QED) is 0.777. The third-order valence-corrected chi connectivity index (χ3v) is 4.22. The third-order valence-electron chi connectivity index (χ3n) is 3.59. The predicted octanol–water partition coefficient (Wildman–Crippen LogP) is 2.90. The fourth-order valence-electron chi connectivity index (χ4n) is 2.61. The predicted molar refractivity (Wildman–Crippen MR) is 80.8 cm³/mol. The molecule has 0 aromatic carbocycles. The largest absolute Gasteiger partial charge is 0.344 e. The average molecular weight is 358 g/mol. The first kappa shape index (κ1) is 13.8. The van der Waals surface area contributed by atoms with Gasteiger partial charge < -0.3 is 4.90 Å². The van der Waals surface area contributed by atoms with Crippen molar-refractivity contribution in [3.8, 4) is 0 Å². The fraction of sp³-hybridized carbons (Fsp3) is 0.462. The maximum atomic E-state index is 12.3. The van der Waals surface area contributed by atoms with E-state index in [9.17, 15) is 4.79 Å². The zero-order valence-electron chi connectivity index (χ0n) is 11.2. The van der Waals surface area contributed by atoms with Gasteiger partial charge in [-0.1, -0.05) is 0 Å². The molecule has 0 saturated carbocycles. The minimum absolute atomic E-state index is 0.0904. The van der Waals surface area contributed by atoms with E-state index in [2.05, 4.69) is 25.9 Å². The van der Waals surface area contributed by atoms with Gasteiger partial charge in [0.1, 0.15) is 17.4 Å². The van der Waals surface area contributed by atoms with Gasteiger partial charge in [-0.3, -0.25) is 9.36 Å². The van der Waals surface area contributed by atoms with Gasteiger partial charge in [0.2, 0.25) is 5.91 Å². The van der Waals surface area contributed by atoms with Crippen molar-refractivity contribution in [1.29, 1.82) is 0 Å². The highest BCUT2D eigenvalue weighted by molar-refractivity contribution is 9.10. The van der Waals surface area contributed by atoms with Crippen LogP contribution in [0.5, 0.6) is 0 Å². The summed E-state index contributed by atoms with van der Waals surface area (Å²) in [5.74, 6) is 0.786. The molecule has 0 aliphatic carbocycles. The van der Waals surface area contributed by atoms with E-state index in [0.29, 0.717) is 11.5 Å². The van der Waals surface area contributed by atoms with E-state index >= 15 is 0 Å². The van der Waals surface area contributed by atoms with Crippen molar-refractivity contribution in [2.75, 3.05) is 13.6 Å². The monoisotopic (exact) mass is 356 g/mol. The van der Waals surface area contributed by atoms with Crippen LogP contribution in [0.4, 0.5) is 0 Å². The van der Waals surface area contributed by atoms with Gasteiger partial charge in [-0.05, 0) is 35.3 Å². The maximum Gasteiger partial charge on any atom is 0.245 e. The molecule has 2 unspecified atom stereocenters. The zero-order chi connectivity index (χ0) is 14.4. The first-order chi connectivity index (χ1) is 9.49. The molecule has 0 radical (unpaired) electrons. The van der Waals surface area contributed by atoms with Gasteiger partial charge >= 0.3 is 0 Å². The van der Waals surface area contributed by atoms with Crippen LogP contribution in [-0.4, -0.2) is 38.9 Å². The van der Waals surface area contributed by atoms with E-state index in [4.69, 9.17) is 11.6 Å². The minimum Gasteiger partial charge on any atom is -0.344 e. The summed E-state index contributed by atoms with van der Waals surface area (Å²) in [6.07, 6.45) is 2.47. The molecule has 1 saturated heterocycles. The summed E-state index contributed by atoms with van der Waals surface area (Å²) in [5, 5.41) is -0.276. The van der Waals surface area contributed by atoms with Gasteiger partial charge in [0, 0.05) is 24.3 Å². The lowest BCUT2D eigenvalue weighted by Gasteiger charge is -2.16. The van der Waals surface area contributed by atoms with Crippen LogP contribution < -0.4 is 0 Å². The molecule has 3 rings (SSSR count). The number of likely N-dealkylation sites (tertiary alicyclic amines) is 1. The number of hydrogen-bond acceptors (Lipinski definition) is 3. The molecule has 2 aromatic heterocycles. The molecular formula is C13H14BrClN4O. The number of rotatable bonds is 2. The number of carbonyl (C=O) groups is 1. The first-order valence-electron chi connectivity index (χ1n) is 6.41. The van der Waals surface area contributed by atoms with Crippen LogP contribution in [0.1, 0.15) is 30.6 Å². The van der Waals surface area contributed by atoms with Crippen LogP contribution in [0.2, 0.25) is 0 Å². The van der Waals surface area contributed by atoms with Crippen molar-refractivity contribution >= 4 is 44.6 Å². The van der Waals surface area contributed by atoms with Crippen molar-refractivity contribution in [1.82, 2.24) is 19.4 Å². The number of hydrogen-bond donors (Lipinski definition) is 0. The Morgan fingerprint density at radius 1 is 1.55 bits per heavy atom. The molecule has 20 heavy (non-hydrogen) atoms. The van der Waals surface area contributed by atoms with Gasteiger partial charge in [0.25, 0.3) is 0 Å². The second-order valence-electron chi connectivity index (χ2n) is 5.02. The van der Waals surface area contributed by atoms with Gasteiger partial charge in [0.15, 0.2) is 5.65 Å². The normalized spacial score (nSPS) is 20.9. The summed E-state index contributed by atoms with van der Waals surface area (Å²) in [5.41, 5.74) is 1.47. The second-order valence-corrected chi connectivity index (χ2v) is 6.59. The van der Waals surface area contributed by atoms with E-state index in [0.717, 1.165) is 23.0 Å². The average Bonchev–Trinajstić information content (AvgIpc) is 2.91. The number of carbonyl (C=O) groups excluding carboxylic acids is 1. The summed E-state index contributed by atoms with van der Waals surface area (Å²) >= 11 is 9.62. The number of imidazole rings is 1. The Morgan fingerprint density at radius 3 is 2.90 bits per heavy atom. The summed E-state index contributed by atoms with van der Waals surface area (Å²) < 4.78 is 2.75. The Hall–Kier alpha value is -1.14. The molecular weight excluding hydrogens is 344 g/mol. The highest BCUT2D eigenvalue weighted by Gasteiger charge is 2.34. The van der Waals surface area contributed by atoms with E-state index in [1.807, 2.05) is 24.6 Å². The number of fused-ring (bicyclic) bond motifs is 1. The van der Waals surface area contributed by atoms with Crippen molar-refractivity contribution in [3.63, 3.8) is 0 Å². The lowest BCUT2D eigenvalue weighted by Crippen LogP contribution is -2.25. The van der Waals surface area contributed by atoms with E-state index < -0.39 is 0 Å². The molecule has 2 atom stereocenters. The Balaban J connectivity index is 2.22. The van der Waals surface area contributed by atoms with Crippen LogP contribution in [0, 0.1) is 0 Å². The van der Waals surface area contributed by atoms with Gasteiger partial charge in [0.05, 0.1) is 5.38 Å². The maximum absolute atomic E-state index is 12.3. The second kappa shape index (κ2) is 5.00. The molecule has 106 valence electrons. The topological polar surface area (TPSA) is 51.0 Å². The number of aromatic nitrogens is 3. The number of halogens is 2. The highest BCUT2D eigenvalue weighted by Crippen LogP contribution is 2.32. The van der Waals surface area contributed by atoms with Crippen molar-refractivity contribution in [3.05, 3.63) is 22.6 Å². The zero-order valence-corrected chi connectivity index (χ0v) is 13.5. The molecule has 0 N–H and O–H groups in total. The van der Waals surface area contributed by atoms with Crippen molar-refractivity contribution in [2.45, 2.75) is 24.8 Å². The first-order valence-corrected chi connectivity index (χ1v) is 7.64. The Morgan fingerprint density at radius 2 is 2.30 bits per heavy atom. The number of nitrogens with zero attached hydrogens (tertiary/aromatic N) is 4. The number of amides is 1. The van der Waals surface area contributed by atoms with Crippen LogP contribution in [0.15, 0.2) is 16.7 Å². The molecule has 1 aliphatic rings. The number of alkyl halides is 1. The number of pyridine rings is 1. The third kappa shape index (κ3) is 2.11. The van der Waals surface area contributed by atoms with Crippen LogP contribution in [-0.2, 0) is 4.79 Å². The SMILES string of the molecule is CC(Cl)c1nc2cc(Br)cnc2n1C1CCN(C)C1=O. The molecule has 0 spiro atoms.